The van der Waals surface area contributed by atoms with Gasteiger partial charge >= 0.3 is 13.2 Å². The average Bonchev–Trinajstić information content (AvgIpc) is 4.08. The number of carbonyl (C=O) groups excluding carboxylic acids is 2. The lowest BCUT2D eigenvalue weighted by Crippen LogP contribution is -2.40. The fraction of sp³-hybridized carbons (Fsp3) is 0.431. The minimum atomic E-state index is -2.94. The van der Waals surface area contributed by atoms with Gasteiger partial charge in [0.2, 0.25) is 0 Å². The summed E-state index contributed by atoms with van der Waals surface area (Å²) in [6, 6.07) is 11.3. The van der Waals surface area contributed by atoms with Gasteiger partial charge in [-0.15, -0.1) is 0 Å². The summed E-state index contributed by atoms with van der Waals surface area (Å²) in [7, 11) is -2.38. The summed E-state index contributed by atoms with van der Waals surface area (Å²) in [6.45, 7) is 25.1. The highest BCUT2D eigenvalue weighted by Gasteiger charge is 2.27. The highest BCUT2D eigenvalue weighted by Crippen LogP contribution is 2.31. The van der Waals surface area contributed by atoms with Gasteiger partial charge in [0.1, 0.15) is 52.0 Å². The van der Waals surface area contributed by atoms with Gasteiger partial charge in [-0.2, -0.15) is 27.8 Å². The number of halogens is 5. The maximum atomic E-state index is 13.2. The van der Waals surface area contributed by atoms with Crippen LogP contribution in [0.3, 0.4) is 0 Å². The van der Waals surface area contributed by atoms with Gasteiger partial charge in [-0.05, 0) is 92.1 Å². The highest BCUT2D eigenvalue weighted by molar-refractivity contribution is 9.10. The molecule has 0 atom stereocenters. The van der Waals surface area contributed by atoms with E-state index in [9.17, 15) is 27.2 Å². The number of aromatic amines is 2. The molecule has 0 unspecified atom stereocenters. The van der Waals surface area contributed by atoms with E-state index in [4.69, 9.17) is 14.5 Å². The Morgan fingerprint density at radius 3 is 1.76 bits per heavy atom. The van der Waals surface area contributed by atoms with Gasteiger partial charge in [0.15, 0.2) is 16.8 Å². The quantitative estimate of drug-likeness (QED) is 0.0273. The average molecular weight is 1160 g/mol. The molecule has 18 nitrogen and oxygen atoms in total. The van der Waals surface area contributed by atoms with Crippen LogP contribution in [-0.2, 0) is 22.9 Å². The predicted octanol–water partition coefficient (Wildman–Crippen LogP) is 11.7. The Balaban J connectivity index is 0.000000206. The van der Waals surface area contributed by atoms with Crippen LogP contribution in [0.1, 0.15) is 61.0 Å². The number of benzene rings is 2. The summed E-state index contributed by atoms with van der Waals surface area (Å²) >= 11 is 3.32. The number of fused-ring (bicyclic) bond motifs is 4. The van der Waals surface area contributed by atoms with E-state index in [1.807, 2.05) is 46.1 Å². The lowest BCUT2D eigenvalue weighted by molar-refractivity contribution is -0.0504. The van der Waals surface area contributed by atoms with E-state index >= 15 is 0 Å². The maximum absolute atomic E-state index is 13.2. The summed E-state index contributed by atoms with van der Waals surface area (Å²) in [5.41, 5.74) is 4.85. The topological polar surface area (TPSA) is 214 Å². The van der Waals surface area contributed by atoms with E-state index in [0.717, 1.165) is 28.7 Å². The third kappa shape index (κ3) is 16.8. The molecule has 0 saturated heterocycles. The Kier molecular flexibility index (Phi) is 18.8. The number of nitrogens with zero attached hydrogens (tertiary/aromatic N) is 8. The van der Waals surface area contributed by atoms with Crippen LogP contribution in [0.15, 0.2) is 65.8 Å². The summed E-state index contributed by atoms with van der Waals surface area (Å²) in [5, 5.41) is 21.1. The smallest absolute Gasteiger partial charge is 0.387 e. The molecule has 2 aromatic carbocycles. The zero-order valence-electron chi connectivity index (χ0n) is 44.8. The van der Waals surface area contributed by atoms with Gasteiger partial charge in [0, 0.05) is 77.6 Å². The van der Waals surface area contributed by atoms with Crippen molar-refractivity contribution >= 4 is 88.0 Å². The van der Waals surface area contributed by atoms with Gasteiger partial charge in [0.25, 0.3) is 11.8 Å². The van der Waals surface area contributed by atoms with Gasteiger partial charge < -0.3 is 38.7 Å². The summed E-state index contributed by atoms with van der Waals surface area (Å²) in [6.07, 6.45) is 6.60. The molecule has 0 radical (unpaired) electrons. The SMILES string of the molecule is CC(C)(C)NC(=O)c1cn(COCC[Si](C)(C)C)c2ncc(-c3n[nH]c4ccc(OC(F)F)cc34)nc12.Cc1[nH]nc2ccc(OC(F)F)cc12.[CH2+]C(C)(C)NC(=O)c1cn(COCC[Si](C)(C)C)c2ncc(Br)nc12. The number of amides is 2. The molecular formula is C51H66BrF4N12O6Si2+. The van der Waals surface area contributed by atoms with Gasteiger partial charge in [-0.1, -0.05) is 39.3 Å². The van der Waals surface area contributed by atoms with Crippen molar-refractivity contribution in [1.82, 2.24) is 60.1 Å². The molecule has 76 heavy (non-hydrogen) atoms. The van der Waals surface area contributed by atoms with Crippen LogP contribution in [0.25, 0.3) is 55.5 Å². The minimum Gasteiger partial charge on any atom is -0.435 e. The molecule has 0 fully saturated rings. The number of H-pyrrole nitrogens is 2. The van der Waals surface area contributed by atoms with E-state index in [1.165, 1.54) is 18.2 Å². The molecule has 8 rings (SSSR count). The van der Waals surface area contributed by atoms with E-state index in [0.29, 0.717) is 80.3 Å². The molecule has 408 valence electrons. The maximum Gasteiger partial charge on any atom is 0.387 e. The Bertz CT molecular complexity index is 3280. The first-order valence-electron chi connectivity index (χ1n) is 24.3. The normalized spacial score (nSPS) is 12.3. The van der Waals surface area contributed by atoms with Crippen LogP contribution in [0, 0.1) is 13.8 Å². The molecule has 25 heteroatoms. The van der Waals surface area contributed by atoms with E-state index in [-0.39, 0.29) is 30.0 Å². The standard InChI is InChI=1S/C25H32F2N6O3Si.C17H25BrN4O2Si.C9H8F2N2O/c1-25(2,3)30-23(34)17-13-33(14-35-9-10-37(4,5)6)22-21(17)29-19(12-28-22)20-16-11-15(36-24(26)27)7-8-18(16)31-32-20;1-17(2,3)21-16(23)12-10-22(11-24-7-8-25(4,5)6)15-14(12)20-13(18)9-19-15;1-5-7-4-6(14-9(10)11)2-3-8(7)13-12-5/h7-8,11-13,24H,9-10,14H2,1-6H3,(H,30,34)(H,31,32);9-10H,1,7-8,11H2,2-6H3;2-4,9H,1H3,(H,12,13)/p+1. The molecular weight excluding hydrogens is 1090 g/mol. The van der Waals surface area contributed by atoms with Crippen molar-refractivity contribution in [2.24, 2.45) is 0 Å². The number of ether oxygens (including phenoxy) is 4. The molecule has 0 saturated carbocycles. The van der Waals surface area contributed by atoms with Crippen LogP contribution < -0.4 is 20.1 Å². The Morgan fingerprint density at radius 1 is 0.724 bits per heavy atom. The lowest BCUT2D eigenvalue weighted by Gasteiger charge is -2.20. The fourth-order valence-corrected chi connectivity index (χ4v) is 9.04. The van der Waals surface area contributed by atoms with Crippen molar-refractivity contribution in [2.75, 3.05) is 13.2 Å². The van der Waals surface area contributed by atoms with Crippen molar-refractivity contribution in [3.8, 4) is 22.9 Å². The van der Waals surface area contributed by atoms with E-state index < -0.39 is 40.4 Å². The molecule has 2 amide bonds. The molecule has 6 aromatic heterocycles. The first kappa shape index (κ1) is 58.8. The molecule has 0 aliphatic rings. The van der Waals surface area contributed by atoms with Crippen LogP contribution >= 0.6 is 15.9 Å². The minimum absolute atomic E-state index is 0.00560. The predicted molar refractivity (Wildman–Crippen MR) is 294 cm³/mol. The summed E-state index contributed by atoms with van der Waals surface area (Å²) in [4.78, 5) is 43.9. The van der Waals surface area contributed by atoms with Crippen molar-refractivity contribution in [3.05, 3.63) is 89.5 Å². The first-order valence-corrected chi connectivity index (χ1v) is 32.5. The lowest BCUT2D eigenvalue weighted by atomic mass is 10.1. The first-order chi connectivity index (χ1) is 35.4. The molecule has 6 heterocycles. The Labute approximate surface area is 448 Å². The van der Waals surface area contributed by atoms with Crippen molar-refractivity contribution in [3.63, 3.8) is 0 Å². The third-order valence-electron chi connectivity index (χ3n) is 10.9. The number of alkyl halides is 4. The number of rotatable bonds is 18. The van der Waals surface area contributed by atoms with Crippen LogP contribution in [-0.4, -0.2) is 115 Å². The van der Waals surface area contributed by atoms with Crippen molar-refractivity contribution in [1.29, 1.82) is 0 Å². The second kappa shape index (κ2) is 24.3. The van der Waals surface area contributed by atoms with Gasteiger partial charge in [-0.3, -0.25) is 19.8 Å². The van der Waals surface area contributed by atoms with Gasteiger partial charge in [0.05, 0.1) is 41.5 Å². The fourth-order valence-electron chi connectivity index (χ4n) is 7.25. The monoisotopic (exact) mass is 1150 g/mol. The molecule has 8 aromatic rings. The largest absolute Gasteiger partial charge is 0.435 e. The second-order valence-corrected chi connectivity index (χ2v) is 34.2. The number of carbonyl (C=O) groups is 2. The van der Waals surface area contributed by atoms with Crippen LogP contribution in [0.5, 0.6) is 11.5 Å². The van der Waals surface area contributed by atoms with Gasteiger partial charge in [-0.25, -0.2) is 19.9 Å². The zero-order valence-corrected chi connectivity index (χ0v) is 48.4. The summed E-state index contributed by atoms with van der Waals surface area (Å²) in [5.74, 6) is -0.356. The molecule has 0 aliphatic carbocycles. The van der Waals surface area contributed by atoms with Crippen LogP contribution in [0.4, 0.5) is 17.6 Å². The third-order valence-corrected chi connectivity index (χ3v) is 14.7. The number of hydrogen-bond acceptors (Lipinski definition) is 12. The molecule has 4 N–H and O–H groups in total. The Hall–Kier alpha value is -6.42. The molecule has 0 aliphatic heterocycles. The number of aromatic nitrogens is 10. The van der Waals surface area contributed by atoms with Crippen LogP contribution in [0.2, 0.25) is 51.4 Å². The van der Waals surface area contributed by atoms with E-state index in [1.54, 1.807) is 47.6 Å². The number of hydrogen-bond donors (Lipinski definition) is 4. The number of aryl methyl sites for hydroxylation is 1. The molecule has 0 bridgehead atoms. The number of nitrogens with one attached hydrogen (secondary N) is 4. The van der Waals surface area contributed by atoms with E-state index in [2.05, 4.69) is 118 Å². The Morgan fingerprint density at radius 2 is 1.24 bits per heavy atom. The molecule has 0 spiro atoms. The zero-order chi connectivity index (χ0) is 55.9. The second-order valence-electron chi connectivity index (χ2n) is 22.1. The van der Waals surface area contributed by atoms with Crippen molar-refractivity contribution in [2.45, 2.75) is 131 Å². The summed E-state index contributed by atoms with van der Waals surface area (Å²) < 4.78 is 74.0. The highest BCUT2D eigenvalue weighted by atomic mass is 79.9. The van der Waals surface area contributed by atoms with Crippen molar-refractivity contribution < 1.29 is 46.1 Å².